The van der Waals surface area contributed by atoms with Crippen molar-refractivity contribution >= 4 is 11.4 Å². The van der Waals surface area contributed by atoms with Crippen LogP contribution in [0.15, 0.2) is 96.1 Å². The van der Waals surface area contributed by atoms with Crippen LogP contribution in [0.2, 0.25) is 0 Å². The fourth-order valence-electron chi connectivity index (χ4n) is 18.7. The van der Waals surface area contributed by atoms with Crippen molar-refractivity contribution in [2.24, 2.45) is 23.7 Å². The number of allylic oxidation sites excluding steroid dienone is 2. The molecule has 14 unspecified atom stereocenters. The lowest BCUT2D eigenvalue weighted by Crippen LogP contribution is -2.79. The number of para-hydroxylation sites is 2. The molecule has 2 saturated carbocycles. The van der Waals surface area contributed by atoms with Gasteiger partial charge in [-0.05, 0) is 72.2 Å². The first-order valence-corrected chi connectivity index (χ1v) is 23.1. The molecule has 288 valence electrons. The molecule has 15 rings (SSSR count). The summed E-state index contributed by atoms with van der Waals surface area (Å²) < 4.78 is 17.9. The Bertz CT molecular complexity index is 2060. The van der Waals surface area contributed by atoms with Gasteiger partial charge in [-0.3, -0.25) is 0 Å². The maximum Gasteiger partial charge on any atom is 0.136 e. The topological polar surface area (TPSA) is 24.9 Å². The highest BCUT2D eigenvalue weighted by molar-refractivity contribution is 5.72. The molecule has 2 aromatic rings. The molecule has 9 aliphatic heterocycles. The Balaban J connectivity index is 1.00. The van der Waals surface area contributed by atoms with E-state index in [4.69, 9.17) is 9.47 Å². The van der Waals surface area contributed by atoms with Gasteiger partial charge in [-0.2, -0.15) is 0 Å². The number of hydrogen-bond acceptors (Lipinski definition) is 4. The molecule has 9 heterocycles. The molecule has 5 saturated heterocycles. The normalized spacial score (nSPS) is 51.3. The smallest absolute Gasteiger partial charge is 0.136 e. The van der Waals surface area contributed by atoms with Crippen LogP contribution in [-0.4, -0.2) is 97.1 Å². The van der Waals surface area contributed by atoms with E-state index in [0.717, 1.165) is 13.2 Å². The van der Waals surface area contributed by atoms with Crippen molar-refractivity contribution in [3.8, 4) is 0 Å². The van der Waals surface area contributed by atoms with E-state index in [-0.39, 0.29) is 23.3 Å². The number of nitrogens with zero attached hydrogens (tertiary/aromatic N) is 4. The molecule has 2 aromatic carbocycles. The first kappa shape index (κ1) is 31.8. The third-order valence-corrected chi connectivity index (χ3v) is 20.1. The summed E-state index contributed by atoms with van der Waals surface area (Å²) in [4.78, 5) is 6.09. The first-order valence-electron chi connectivity index (χ1n) is 23.1. The monoisotopic (exact) mass is 746 g/mol. The molecule has 16 atom stereocenters. The van der Waals surface area contributed by atoms with Gasteiger partial charge in [0.1, 0.15) is 49.7 Å². The van der Waals surface area contributed by atoms with E-state index in [1.165, 1.54) is 111 Å². The lowest BCUT2D eigenvalue weighted by atomic mass is 9.52. The van der Waals surface area contributed by atoms with Crippen LogP contribution in [-0.2, 0) is 20.3 Å². The second kappa shape index (κ2) is 10.5. The van der Waals surface area contributed by atoms with Gasteiger partial charge in [0.2, 0.25) is 0 Å². The summed E-state index contributed by atoms with van der Waals surface area (Å²) in [7, 11) is 0. The highest BCUT2D eigenvalue weighted by Gasteiger charge is 2.81. The maximum absolute atomic E-state index is 7.68. The minimum Gasteiger partial charge on any atom is -0.354 e. The number of anilines is 2. The molecule has 13 aliphatic rings. The van der Waals surface area contributed by atoms with E-state index in [2.05, 4.69) is 94.8 Å². The summed E-state index contributed by atoms with van der Waals surface area (Å²) in [5, 5.41) is 0. The zero-order valence-corrected chi connectivity index (χ0v) is 32.9. The van der Waals surface area contributed by atoms with Crippen LogP contribution in [0, 0.1) is 23.7 Å². The van der Waals surface area contributed by atoms with E-state index in [9.17, 15) is 0 Å². The predicted octanol–water partition coefficient (Wildman–Crippen LogP) is 7.51. The van der Waals surface area contributed by atoms with E-state index >= 15 is 0 Å². The van der Waals surface area contributed by atoms with Crippen molar-refractivity contribution in [2.75, 3.05) is 49.2 Å². The van der Waals surface area contributed by atoms with Gasteiger partial charge in [-0.15, -0.1) is 0 Å². The van der Waals surface area contributed by atoms with Crippen molar-refractivity contribution in [1.82, 2.24) is 0 Å². The van der Waals surface area contributed by atoms with Gasteiger partial charge in [-0.25, -0.2) is 0 Å². The molecule has 0 aromatic heterocycles. The van der Waals surface area contributed by atoms with Gasteiger partial charge >= 0.3 is 0 Å². The first-order chi connectivity index (χ1) is 27.7. The molecule has 0 radical (unpaired) electrons. The molecule has 2 spiro atoms. The average molecular weight is 747 g/mol. The van der Waals surface area contributed by atoms with Crippen molar-refractivity contribution in [3.63, 3.8) is 0 Å². The van der Waals surface area contributed by atoms with Crippen molar-refractivity contribution in [3.05, 3.63) is 107 Å². The summed E-state index contributed by atoms with van der Waals surface area (Å²) in [6.07, 6.45) is 28.9. The summed E-state index contributed by atoms with van der Waals surface area (Å²) in [5.74, 6) is 1.88. The number of quaternary nitrogens is 2. The summed E-state index contributed by atoms with van der Waals surface area (Å²) in [6.45, 7) is 6.56. The minimum absolute atomic E-state index is 0.0571. The lowest BCUT2D eigenvalue weighted by molar-refractivity contribution is -0.960. The summed E-state index contributed by atoms with van der Waals surface area (Å²) in [5.41, 5.74) is 10.1. The molecule has 7 fully saturated rings. The number of ether oxygens (including phenoxy) is 2. The largest absolute Gasteiger partial charge is 0.354 e. The number of piperidine rings is 2. The van der Waals surface area contributed by atoms with Crippen molar-refractivity contribution < 1.29 is 18.4 Å². The Hall–Kier alpha value is -3.16. The molecule has 0 amide bonds. The van der Waals surface area contributed by atoms with E-state index in [1.54, 1.807) is 22.3 Å². The molecular weight excluding hydrogens is 689 g/mol. The quantitative estimate of drug-likeness (QED) is 0.235. The van der Waals surface area contributed by atoms with Crippen LogP contribution in [0.3, 0.4) is 0 Å². The minimum atomic E-state index is 0.0571. The van der Waals surface area contributed by atoms with E-state index < -0.39 is 0 Å². The Labute approximate surface area is 332 Å². The zero-order valence-electron chi connectivity index (χ0n) is 32.9. The number of benzene rings is 2. The SMILES string of the molecule is C1=CC([N@+]23CCC45c6ccccc6N6C7OCC=C8C[N@+]9(C%10C=CCCC%10)CCC%10%11c%12ccccc%12N(C%12OCC=C(C2)C(CC43)C%12C65)C%10C7C8CC%119)CCC1. The summed E-state index contributed by atoms with van der Waals surface area (Å²) in [6, 6.07) is 23.1. The lowest BCUT2D eigenvalue weighted by Gasteiger charge is -2.66. The maximum atomic E-state index is 7.68. The van der Waals surface area contributed by atoms with Crippen molar-refractivity contribution in [2.45, 2.75) is 124 Å². The third kappa shape index (κ3) is 3.33. The Kier molecular flexibility index (Phi) is 5.97. The Morgan fingerprint density at radius 3 is 1.55 bits per heavy atom. The third-order valence-electron chi connectivity index (χ3n) is 20.1. The molecule has 6 nitrogen and oxygen atoms in total. The average Bonchev–Trinajstić information content (AvgIpc) is 3.89. The van der Waals surface area contributed by atoms with Crippen LogP contribution < -0.4 is 9.80 Å². The van der Waals surface area contributed by atoms with Crippen LogP contribution in [0.4, 0.5) is 11.4 Å². The second-order valence-electron chi connectivity index (χ2n) is 21.0. The molecular formula is C50H58N4O2+2. The van der Waals surface area contributed by atoms with Gasteiger partial charge < -0.3 is 28.2 Å². The van der Waals surface area contributed by atoms with Gasteiger partial charge in [0.05, 0.1) is 49.2 Å². The van der Waals surface area contributed by atoms with Crippen molar-refractivity contribution in [1.29, 1.82) is 0 Å². The molecule has 6 heteroatoms. The molecule has 4 aliphatic carbocycles. The summed E-state index contributed by atoms with van der Waals surface area (Å²) >= 11 is 0. The number of fused-ring (bicyclic) bond motifs is 6. The van der Waals surface area contributed by atoms with E-state index in [0.29, 0.717) is 59.9 Å². The fraction of sp³-hybridized carbons (Fsp3) is 0.600. The van der Waals surface area contributed by atoms with Crippen LogP contribution >= 0.6 is 0 Å². The van der Waals surface area contributed by atoms with Gasteiger partial charge in [0.25, 0.3) is 0 Å². The van der Waals surface area contributed by atoms with Gasteiger partial charge in [0, 0.05) is 73.6 Å². The second-order valence-corrected chi connectivity index (χ2v) is 21.0. The predicted molar refractivity (Wildman–Crippen MR) is 218 cm³/mol. The fourth-order valence-corrected chi connectivity index (χ4v) is 18.7. The van der Waals surface area contributed by atoms with E-state index in [1.807, 2.05) is 0 Å². The molecule has 4 bridgehead atoms. The van der Waals surface area contributed by atoms with Gasteiger partial charge in [0.15, 0.2) is 0 Å². The molecule has 0 N–H and O–H groups in total. The highest BCUT2D eigenvalue weighted by Crippen LogP contribution is 2.73. The Morgan fingerprint density at radius 2 is 1.09 bits per heavy atom. The number of hydrogen-bond donors (Lipinski definition) is 0. The van der Waals surface area contributed by atoms with Crippen LogP contribution in [0.25, 0.3) is 0 Å². The molecule has 56 heavy (non-hydrogen) atoms. The standard InChI is InChI=1S/C50H58N4O2/c1-3-11-33(12-4-1)53-23-21-49-37-15-7-9-17-39(37)51-45(49)43-35(27-41(49)53)31(29-53)19-25-55-47(43)52-40-18-10-8-16-38(40)50-22-24-54(34-13-5-2-6-14-34)30-32-20-26-56-48(51)44(46(50)52)36(32)28-42(50)54/h3,5,7-11,13,15-20,33-36,41-48H,1-2,4,6,12,14,21-30H2/q+2/t33?,34?,35?,36?,41?,42?,43?,44?,45?,46?,47?,48?,49?,50?,53-,54-/m0/s1. The Morgan fingerprint density at radius 1 is 0.607 bits per heavy atom. The van der Waals surface area contributed by atoms with Gasteiger partial charge in [-0.1, -0.05) is 60.7 Å². The number of rotatable bonds is 2. The van der Waals surface area contributed by atoms with Crippen LogP contribution in [0.5, 0.6) is 0 Å². The van der Waals surface area contributed by atoms with Crippen LogP contribution in [0.1, 0.15) is 75.3 Å². The highest BCUT2D eigenvalue weighted by atomic mass is 16.5. The zero-order chi connectivity index (χ0) is 36.2.